The van der Waals surface area contributed by atoms with Crippen LogP contribution in [-0.2, 0) is 0 Å². The van der Waals surface area contributed by atoms with Gasteiger partial charge in [0.15, 0.2) is 0 Å². The largest absolute Gasteiger partial charge is 0.495 e. The van der Waals surface area contributed by atoms with Gasteiger partial charge in [0.2, 0.25) is 0 Å². The minimum Gasteiger partial charge on any atom is -0.495 e. The number of allylic oxidation sites excluding steroid dienone is 4. The van der Waals surface area contributed by atoms with Crippen molar-refractivity contribution in [3.05, 3.63) is 52.6 Å². The van der Waals surface area contributed by atoms with E-state index in [-0.39, 0.29) is 0 Å². The standard InChI is InChI=1S/C17H18ClNO/c1-20-17-7-6-12(9-16(17)18)15-10-13(19)8-11-4-2-3-5-14(11)15/h2,4,6-9,14-15,19H,3,5,10H2,1H3. The summed E-state index contributed by atoms with van der Waals surface area (Å²) in [6.45, 7) is 0. The minimum absolute atomic E-state index is 0.357. The lowest BCUT2D eigenvalue weighted by Gasteiger charge is -2.34. The maximum absolute atomic E-state index is 8.06. The lowest BCUT2D eigenvalue weighted by Crippen LogP contribution is -2.24. The Labute approximate surface area is 124 Å². The van der Waals surface area contributed by atoms with Gasteiger partial charge in [-0.1, -0.05) is 29.8 Å². The molecule has 2 atom stereocenters. The van der Waals surface area contributed by atoms with Crippen molar-refractivity contribution < 1.29 is 4.74 Å². The first kappa shape index (κ1) is 13.4. The number of benzene rings is 1. The van der Waals surface area contributed by atoms with Gasteiger partial charge in [0, 0.05) is 5.71 Å². The Morgan fingerprint density at radius 3 is 2.90 bits per heavy atom. The number of nitrogens with one attached hydrogen (secondary N) is 1. The molecule has 2 nitrogen and oxygen atoms in total. The molecule has 3 heteroatoms. The fourth-order valence-electron chi connectivity index (χ4n) is 3.28. The highest BCUT2D eigenvalue weighted by molar-refractivity contribution is 6.32. The second-order valence-electron chi connectivity index (χ2n) is 5.46. The molecule has 1 aromatic rings. The third-order valence-corrected chi connectivity index (χ3v) is 4.55. The van der Waals surface area contributed by atoms with Crippen molar-refractivity contribution >= 4 is 17.3 Å². The second kappa shape index (κ2) is 5.45. The van der Waals surface area contributed by atoms with Crippen molar-refractivity contribution in [3.8, 4) is 5.75 Å². The topological polar surface area (TPSA) is 33.1 Å². The van der Waals surface area contributed by atoms with Crippen LogP contribution in [0.1, 0.15) is 30.7 Å². The van der Waals surface area contributed by atoms with E-state index in [4.69, 9.17) is 21.7 Å². The maximum Gasteiger partial charge on any atom is 0.137 e. The smallest absolute Gasteiger partial charge is 0.137 e. The van der Waals surface area contributed by atoms with E-state index in [0.29, 0.717) is 28.3 Å². The number of hydrogen-bond acceptors (Lipinski definition) is 2. The van der Waals surface area contributed by atoms with E-state index in [0.717, 1.165) is 19.3 Å². The van der Waals surface area contributed by atoms with Crippen molar-refractivity contribution in [3.63, 3.8) is 0 Å². The SMILES string of the molecule is COc1ccc(C2CC(=N)C=C3C=CCCC32)cc1Cl. The van der Waals surface area contributed by atoms with Crippen molar-refractivity contribution in [1.82, 2.24) is 0 Å². The highest BCUT2D eigenvalue weighted by Crippen LogP contribution is 2.43. The molecular formula is C17H18ClNO. The van der Waals surface area contributed by atoms with Gasteiger partial charge < -0.3 is 10.1 Å². The van der Waals surface area contributed by atoms with Gasteiger partial charge in [-0.2, -0.15) is 0 Å². The van der Waals surface area contributed by atoms with Gasteiger partial charge in [0.25, 0.3) is 0 Å². The number of rotatable bonds is 2. The van der Waals surface area contributed by atoms with Crippen LogP contribution in [0.2, 0.25) is 5.02 Å². The molecule has 0 aromatic heterocycles. The minimum atomic E-state index is 0.357. The zero-order valence-corrected chi connectivity index (χ0v) is 12.3. The third-order valence-electron chi connectivity index (χ3n) is 4.25. The zero-order valence-electron chi connectivity index (χ0n) is 11.5. The van der Waals surface area contributed by atoms with Gasteiger partial charge in [-0.25, -0.2) is 0 Å². The molecule has 0 aliphatic heterocycles. The van der Waals surface area contributed by atoms with Crippen LogP contribution in [0.5, 0.6) is 5.75 Å². The predicted molar refractivity (Wildman–Crippen MR) is 83.0 cm³/mol. The third kappa shape index (κ3) is 2.40. The highest BCUT2D eigenvalue weighted by Gasteiger charge is 2.31. The predicted octanol–water partition coefficient (Wildman–Crippen LogP) is 4.75. The zero-order chi connectivity index (χ0) is 14.1. The van der Waals surface area contributed by atoms with Gasteiger partial charge in [-0.3, -0.25) is 0 Å². The average Bonchev–Trinajstić information content (AvgIpc) is 2.46. The summed E-state index contributed by atoms with van der Waals surface area (Å²) in [7, 11) is 1.63. The van der Waals surface area contributed by atoms with E-state index in [9.17, 15) is 0 Å². The van der Waals surface area contributed by atoms with Crippen molar-refractivity contribution in [2.24, 2.45) is 5.92 Å². The van der Waals surface area contributed by atoms with E-state index < -0.39 is 0 Å². The first-order valence-electron chi connectivity index (χ1n) is 6.98. The van der Waals surface area contributed by atoms with Crippen molar-refractivity contribution in [2.75, 3.05) is 7.11 Å². The van der Waals surface area contributed by atoms with E-state index in [2.05, 4.69) is 18.2 Å². The normalized spacial score (nSPS) is 25.1. The molecule has 0 radical (unpaired) electrons. The molecule has 1 N–H and O–H groups in total. The fourth-order valence-corrected chi connectivity index (χ4v) is 3.54. The van der Waals surface area contributed by atoms with Crippen LogP contribution in [0.15, 0.2) is 42.0 Å². The first-order chi connectivity index (χ1) is 9.69. The van der Waals surface area contributed by atoms with Crippen LogP contribution in [0.4, 0.5) is 0 Å². The lowest BCUT2D eigenvalue weighted by molar-refractivity contribution is 0.413. The van der Waals surface area contributed by atoms with Gasteiger partial charge >= 0.3 is 0 Å². The molecule has 0 fully saturated rings. The Balaban J connectivity index is 1.97. The molecule has 1 aromatic carbocycles. The van der Waals surface area contributed by atoms with E-state index in [1.165, 1.54) is 11.1 Å². The Morgan fingerprint density at radius 1 is 1.30 bits per heavy atom. The van der Waals surface area contributed by atoms with E-state index >= 15 is 0 Å². The summed E-state index contributed by atoms with van der Waals surface area (Å²) in [5.74, 6) is 1.58. The van der Waals surface area contributed by atoms with Crippen molar-refractivity contribution in [1.29, 1.82) is 5.41 Å². The summed E-state index contributed by atoms with van der Waals surface area (Å²) in [6.07, 6.45) is 9.49. The molecule has 0 saturated heterocycles. The summed E-state index contributed by atoms with van der Waals surface area (Å²) >= 11 is 6.25. The second-order valence-corrected chi connectivity index (χ2v) is 5.87. The molecule has 2 aliphatic carbocycles. The molecular weight excluding hydrogens is 270 g/mol. The van der Waals surface area contributed by atoms with Crippen LogP contribution >= 0.6 is 11.6 Å². The lowest BCUT2D eigenvalue weighted by atomic mass is 9.70. The molecule has 3 rings (SSSR count). The van der Waals surface area contributed by atoms with Crippen LogP contribution in [0.3, 0.4) is 0 Å². The van der Waals surface area contributed by atoms with Crippen LogP contribution in [-0.4, -0.2) is 12.8 Å². The Kier molecular flexibility index (Phi) is 3.66. The molecule has 20 heavy (non-hydrogen) atoms. The number of halogens is 1. The molecule has 0 saturated carbocycles. The molecule has 0 spiro atoms. The van der Waals surface area contributed by atoms with Gasteiger partial charge in [0.1, 0.15) is 5.75 Å². The number of hydrogen-bond donors (Lipinski definition) is 1. The molecule has 0 bridgehead atoms. The Bertz CT molecular complexity index is 603. The summed E-state index contributed by atoms with van der Waals surface area (Å²) in [5.41, 5.74) is 3.22. The Hall–Kier alpha value is -1.54. The molecule has 104 valence electrons. The first-order valence-corrected chi connectivity index (χ1v) is 7.36. The van der Waals surface area contributed by atoms with Crippen LogP contribution in [0.25, 0.3) is 0 Å². The van der Waals surface area contributed by atoms with E-state index in [1.54, 1.807) is 7.11 Å². The van der Waals surface area contributed by atoms with Crippen LogP contribution < -0.4 is 4.74 Å². The van der Waals surface area contributed by atoms with Gasteiger partial charge in [-0.15, -0.1) is 0 Å². The molecule has 2 unspecified atom stereocenters. The number of methoxy groups -OCH3 is 1. The monoisotopic (exact) mass is 287 g/mol. The average molecular weight is 288 g/mol. The van der Waals surface area contributed by atoms with Gasteiger partial charge in [-0.05, 0) is 60.4 Å². The number of fused-ring (bicyclic) bond motifs is 1. The quantitative estimate of drug-likeness (QED) is 0.837. The van der Waals surface area contributed by atoms with Crippen molar-refractivity contribution in [2.45, 2.75) is 25.2 Å². The summed E-state index contributed by atoms with van der Waals surface area (Å²) in [5, 5.41) is 8.71. The van der Waals surface area contributed by atoms with Crippen LogP contribution in [0, 0.1) is 11.3 Å². The van der Waals surface area contributed by atoms with E-state index in [1.807, 2.05) is 18.2 Å². The highest BCUT2D eigenvalue weighted by atomic mass is 35.5. The van der Waals surface area contributed by atoms with Gasteiger partial charge in [0.05, 0.1) is 12.1 Å². The number of ether oxygens (including phenoxy) is 1. The molecule has 0 amide bonds. The molecule has 2 aliphatic rings. The molecule has 0 heterocycles. The Morgan fingerprint density at radius 2 is 2.15 bits per heavy atom. The maximum atomic E-state index is 8.06. The summed E-state index contributed by atoms with van der Waals surface area (Å²) in [6, 6.07) is 6.02. The fraction of sp³-hybridized carbons (Fsp3) is 0.353. The summed E-state index contributed by atoms with van der Waals surface area (Å²) in [4.78, 5) is 0. The summed E-state index contributed by atoms with van der Waals surface area (Å²) < 4.78 is 5.22.